The van der Waals surface area contributed by atoms with Crippen LogP contribution in [0.5, 0.6) is 0 Å². The van der Waals surface area contributed by atoms with E-state index in [0.29, 0.717) is 19.0 Å². The van der Waals surface area contributed by atoms with Gasteiger partial charge < -0.3 is 20.5 Å². The van der Waals surface area contributed by atoms with Crippen LogP contribution in [0.4, 0.5) is 10.6 Å². The van der Waals surface area contributed by atoms with E-state index in [4.69, 9.17) is 10.5 Å². The second-order valence-electron chi connectivity index (χ2n) is 9.49. The molecule has 31 heavy (non-hydrogen) atoms. The van der Waals surface area contributed by atoms with Gasteiger partial charge in [0.05, 0.1) is 36.2 Å². The number of nitrogens with zero attached hydrogens (tertiary/aromatic N) is 5. The number of carbonyl (C=O) groups is 1. The molecule has 1 saturated heterocycles. The average Bonchev–Trinajstić information content (AvgIpc) is 3.32. The Morgan fingerprint density at radius 1 is 1.35 bits per heavy atom. The standard InChI is InChI=1S/C22H30N6O3/c1-13-11-27(21(29)30)20(22(2,3)4)19(13)31-12-15-10-24-26(5)18(15)14-6-7-28-16(8-14)9-17(23)25-28/h6-10,13,19-20H,11-12H2,1-5H3,(H2,23,25)(H,29,30). The summed E-state index contributed by atoms with van der Waals surface area (Å²) in [6, 6.07) is 5.60. The number of amides is 1. The second kappa shape index (κ2) is 7.56. The normalized spacial score (nSPS) is 21.8. The molecule has 9 nitrogen and oxygen atoms in total. The molecule has 0 aliphatic carbocycles. The molecule has 0 spiro atoms. The van der Waals surface area contributed by atoms with Gasteiger partial charge in [-0.2, -0.15) is 10.2 Å². The van der Waals surface area contributed by atoms with Crippen LogP contribution in [-0.4, -0.2) is 54.2 Å². The predicted octanol–water partition coefficient (Wildman–Crippen LogP) is 3.25. The molecule has 4 heterocycles. The predicted molar refractivity (Wildman–Crippen MR) is 118 cm³/mol. The molecule has 3 unspecified atom stereocenters. The van der Waals surface area contributed by atoms with Gasteiger partial charge in [0.1, 0.15) is 5.82 Å². The van der Waals surface area contributed by atoms with E-state index in [2.05, 4.69) is 37.9 Å². The first-order valence-electron chi connectivity index (χ1n) is 10.4. The van der Waals surface area contributed by atoms with Crippen LogP contribution in [0.2, 0.25) is 0 Å². The molecular weight excluding hydrogens is 396 g/mol. The number of aromatic nitrogens is 4. The molecule has 1 fully saturated rings. The molecule has 0 radical (unpaired) electrons. The molecule has 9 heteroatoms. The number of anilines is 1. The Bertz CT molecular complexity index is 1110. The van der Waals surface area contributed by atoms with Crippen molar-refractivity contribution in [3.8, 4) is 11.3 Å². The Labute approximate surface area is 181 Å². The van der Waals surface area contributed by atoms with Gasteiger partial charge in [-0.25, -0.2) is 9.31 Å². The van der Waals surface area contributed by atoms with Crippen LogP contribution in [0, 0.1) is 11.3 Å². The zero-order valence-electron chi connectivity index (χ0n) is 18.6. The van der Waals surface area contributed by atoms with Gasteiger partial charge in [0.2, 0.25) is 0 Å². The van der Waals surface area contributed by atoms with Gasteiger partial charge in [-0.15, -0.1) is 0 Å². The molecule has 1 aliphatic heterocycles. The quantitative estimate of drug-likeness (QED) is 0.663. The molecule has 0 bridgehead atoms. The SMILES string of the molecule is CC1CN(C(=O)O)C(C(C)(C)C)C1OCc1cnn(C)c1-c1ccn2nc(N)cc2c1. The molecule has 3 atom stereocenters. The summed E-state index contributed by atoms with van der Waals surface area (Å²) in [5.74, 6) is 0.573. The van der Waals surface area contributed by atoms with Gasteiger partial charge in [0, 0.05) is 42.9 Å². The maximum Gasteiger partial charge on any atom is 0.407 e. The summed E-state index contributed by atoms with van der Waals surface area (Å²) < 4.78 is 9.95. The Hall–Kier alpha value is -3.07. The van der Waals surface area contributed by atoms with E-state index in [1.165, 1.54) is 4.90 Å². The minimum Gasteiger partial charge on any atom is -0.465 e. The highest BCUT2D eigenvalue weighted by Gasteiger charge is 2.48. The summed E-state index contributed by atoms with van der Waals surface area (Å²) in [6.45, 7) is 9.05. The van der Waals surface area contributed by atoms with E-state index >= 15 is 0 Å². The van der Waals surface area contributed by atoms with Gasteiger partial charge >= 0.3 is 6.09 Å². The van der Waals surface area contributed by atoms with E-state index in [0.717, 1.165) is 22.3 Å². The number of hydrogen-bond acceptors (Lipinski definition) is 5. The minimum absolute atomic E-state index is 0.103. The van der Waals surface area contributed by atoms with Crippen molar-refractivity contribution in [2.24, 2.45) is 18.4 Å². The van der Waals surface area contributed by atoms with Crippen LogP contribution in [0.1, 0.15) is 33.3 Å². The number of nitrogens with two attached hydrogens (primary N) is 1. The maximum atomic E-state index is 11.8. The van der Waals surface area contributed by atoms with Crippen molar-refractivity contribution < 1.29 is 14.6 Å². The zero-order chi connectivity index (χ0) is 22.5. The molecule has 1 amide bonds. The fourth-order valence-corrected chi connectivity index (χ4v) is 4.74. The monoisotopic (exact) mass is 426 g/mol. The number of likely N-dealkylation sites (tertiary alicyclic amines) is 1. The summed E-state index contributed by atoms with van der Waals surface area (Å²) in [6.07, 6.45) is 2.60. The number of aryl methyl sites for hydroxylation is 1. The van der Waals surface area contributed by atoms with E-state index in [1.807, 2.05) is 42.3 Å². The molecule has 4 rings (SSSR count). The number of ether oxygens (including phenoxy) is 1. The Balaban J connectivity index is 1.61. The van der Waals surface area contributed by atoms with Crippen LogP contribution in [0.25, 0.3) is 16.8 Å². The van der Waals surface area contributed by atoms with E-state index in [9.17, 15) is 9.90 Å². The molecule has 0 aromatic carbocycles. The second-order valence-corrected chi connectivity index (χ2v) is 9.49. The highest BCUT2D eigenvalue weighted by atomic mass is 16.5. The number of nitrogen functional groups attached to an aromatic ring is 1. The Morgan fingerprint density at radius 3 is 2.77 bits per heavy atom. The third-order valence-electron chi connectivity index (χ3n) is 6.03. The van der Waals surface area contributed by atoms with Crippen molar-refractivity contribution in [1.29, 1.82) is 0 Å². The molecule has 166 valence electrons. The van der Waals surface area contributed by atoms with Crippen LogP contribution in [-0.2, 0) is 18.4 Å². The maximum absolute atomic E-state index is 11.8. The van der Waals surface area contributed by atoms with Crippen LogP contribution < -0.4 is 5.73 Å². The van der Waals surface area contributed by atoms with Crippen molar-refractivity contribution in [1.82, 2.24) is 24.3 Å². The van der Waals surface area contributed by atoms with Crippen molar-refractivity contribution in [3.05, 3.63) is 36.2 Å². The van der Waals surface area contributed by atoms with E-state index in [1.54, 1.807) is 4.52 Å². The highest BCUT2D eigenvalue weighted by Crippen LogP contribution is 2.38. The largest absolute Gasteiger partial charge is 0.465 e. The lowest BCUT2D eigenvalue weighted by molar-refractivity contribution is -0.0292. The molecule has 3 aromatic rings. The van der Waals surface area contributed by atoms with Crippen molar-refractivity contribution >= 4 is 17.4 Å². The lowest BCUT2D eigenvalue weighted by Crippen LogP contribution is -2.48. The summed E-state index contributed by atoms with van der Waals surface area (Å²) in [5.41, 5.74) is 9.37. The summed E-state index contributed by atoms with van der Waals surface area (Å²) in [7, 11) is 1.90. The Morgan fingerprint density at radius 2 is 2.10 bits per heavy atom. The number of pyridine rings is 1. The fraction of sp³-hybridized carbons (Fsp3) is 0.500. The first kappa shape index (κ1) is 21.2. The van der Waals surface area contributed by atoms with Gasteiger partial charge in [-0.1, -0.05) is 27.7 Å². The molecule has 0 saturated carbocycles. The van der Waals surface area contributed by atoms with Crippen LogP contribution >= 0.6 is 0 Å². The van der Waals surface area contributed by atoms with Gasteiger partial charge in [0.25, 0.3) is 0 Å². The van der Waals surface area contributed by atoms with Gasteiger partial charge in [-0.05, 0) is 17.5 Å². The molecular formula is C22H30N6O3. The summed E-state index contributed by atoms with van der Waals surface area (Å²) >= 11 is 0. The van der Waals surface area contributed by atoms with E-state index < -0.39 is 6.09 Å². The number of hydrogen-bond donors (Lipinski definition) is 2. The summed E-state index contributed by atoms with van der Waals surface area (Å²) in [4.78, 5) is 13.3. The fourth-order valence-electron chi connectivity index (χ4n) is 4.74. The van der Waals surface area contributed by atoms with Crippen LogP contribution in [0.3, 0.4) is 0 Å². The lowest BCUT2D eigenvalue weighted by Gasteiger charge is -2.37. The highest BCUT2D eigenvalue weighted by molar-refractivity contribution is 5.70. The number of fused-ring (bicyclic) bond motifs is 1. The topological polar surface area (TPSA) is 111 Å². The van der Waals surface area contributed by atoms with Crippen molar-refractivity contribution in [2.45, 2.75) is 46.4 Å². The summed E-state index contributed by atoms with van der Waals surface area (Å²) in [5, 5.41) is 18.4. The first-order chi connectivity index (χ1) is 14.6. The minimum atomic E-state index is -0.895. The van der Waals surface area contributed by atoms with E-state index in [-0.39, 0.29) is 23.5 Å². The van der Waals surface area contributed by atoms with Gasteiger partial charge in [-0.3, -0.25) is 4.68 Å². The number of carboxylic acid groups (broad SMARTS) is 1. The zero-order valence-corrected chi connectivity index (χ0v) is 18.6. The first-order valence-corrected chi connectivity index (χ1v) is 10.4. The molecule has 3 N–H and O–H groups in total. The van der Waals surface area contributed by atoms with Crippen molar-refractivity contribution in [3.63, 3.8) is 0 Å². The molecule has 3 aromatic heterocycles. The third-order valence-corrected chi connectivity index (χ3v) is 6.03. The third kappa shape index (κ3) is 3.85. The van der Waals surface area contributed by atoms with Gasteiger partial charge in [0.15, 0.2) is 0 Å². The smallest absolute Gasteiger partial charge is 0.407 e. The Kier molecular flexibility index (Phi) is 5.17. The average molecular weight is 427 g/mol. The van der Waals surface area contributed by atoms with Crippen molar-refractivity contribution in [2.75, 3.05) is 12.3 Å². The lowest BCUT2D eigenvalue weighted by atomic mass is 9.82. The van der Waals surface area contributed by atoms with Crippen LogP contribution in [0.15, 0.2) is 30.6 Å². The number of rotatable bonds is 4. The molecule has 1 aliphatic rings.